The predicted molar refractivity (Wildman–Crippen MR) is 85.2 cm³/mol. The molecule has 0 unspecified atom stereocenters. The van der Waals surface area contributed by atoms with Crippen molar-refractivity contribution < 1.29 is 14.3 Å². The van der Waals surface area contributed by atoms with Crippen LogP contribution in [0.15, 0.2) is 24.4 Å². The van der Waals surface area contributed by atoms with Gasteiger partial charge in [-0.15, -0.1) is 0 Å². The van der Waals surface area contributed by atoms with E-state index in [9.17, 15) is 4.79 Å². The minimum Gasteiger partial charge on any atom is -0.465 e. The fourth-order valence-corrected chi connectivity index (χ4v) is 2.80. The molecular weight excluding hydrogens is 284 g/mol. The van der Waals surface area contributed by atoms with Gasteiger partial charge >= 0.3 is 5.97 Å². The van der Waals surface area contributed by atoms with E-state index in [2.05, 4.69) is 24.7 Å². The number of fused-ring (bicyclic) bond motifs is 1. The SMILES string of the molecule is COC(=O)c1cccc2cnn(COCC[Si](C)(C)C)c12. The number of para-hydroxylation sites is 1. The Labute approximate surface area is 125 Å². The molecule has 1 aromatic carbocycles. The molecule has 5 nitrogen and oxygen atoms in total. The fourth-order valence-electron chi connectivity index (χ4n) is 2.05. The van der Waals surface area contributed by atoms with Gasteiger partial charge in [-0.2, -0.15) is 5.10 Å². The number of ether oxygens (including phenoxy) is 2. The Balaban J connectivity index is 2.15. The molecule has 1 aromatic heterocycles. The molecule has 0 spiro atoms. The molecule has 0 fully saturated rings. The summed E-state index contributed by atoms with van der Waals surface area (Å²) in [6, 6.07) is 6.60. The van der Waals surface area contributed by atoms with Gasteiger partial charge in [0, 0.05) is 20.1 Å². The van der Waals surface area contributed by atoms with Crippen molar-refractivity contribution in [3.8, 4) is 0 Å². The van der Waals surface area contributed by atoms with Crippen LogP contribution in [0.1, 0.15) is 10.4 Å². The van der Waals surface area contributed by atoms with E-state index in [1.54, 1.807) is 16.9 Å². The molecule has 0 N–H and O–H groups in total. The Morgan fingerprint density at radius 3 is 2.76 bits per heavy atom. The standard InChI is InChI=1S/C15H22N2O3Si/c1-19-15(18)13-7-5-6-12-10-16-17(14(12)13)11-20-8-9-21(2,3)4/h5-7,10H,8-9,11H2,1-4H3. The van der Waals surface area contributed by atoms with E-state index in [1.165, 1.54) is 7.11 Å². The predicted octanol–water partition coefficient (Wildman–Crippen LogP) is 3.14. The summed E-state index contributed by atoms with van der Waals surface area (Å²) in [5.41, 5.74) is 1.28. The lowest BCUT2D eigenvalue weighted by Crippen LogP contribution is -2.22. The topological polar surface area (TPSA) is 53.3 Å². The van der Waals surface area contributed by atoms with E-state index >= 15 is 0 Å². The highest BCUT2D eigenvalue weighted by Gasteiger charge is 2.15. The number of benzene rings is 1. The molecule has 0 aliphatic carbocycles. The van der Waals surface area contributed by atoms with Gasteiger partial charge in [-0.05, 0) is 12.1 Å². The second kappa shape index (κ2) is 6.40. The number of hydrogen-bond donors (Lipinski definition) is 0. The summed E-state index contributed by atoms with van der Waals surface area (Å²) in [4.78, 5) is 11.8. The van der Waals surface area contributed by atoms with Crippen LogP contribution in [0.2, 0.25) is 25.7 Å². The van der Waals surface area contributed by atoms with E-state index in [4.69, 9.17) is 9.47 Å². The van der Waals surface area contributed by atoms with E-state index in [-0.39, 0.29) is 5.97 Å². The Morgan fingerprint density at radius 1 is 1.33 bits per heavy atom. The van der Waals surface area contributed by atoms with Gasteiger partial charge in [0.1, 0.15) is 6.73 Å². The molecule has 114 valence electrons. The van der Waals surface area contributed by atoms with E-state index in [0.717, 1.165) is 23.6 Å². The summed E-state index contributed by atoms with van der Waals surface area (Å²) in [7, 11) is 0.285. The number of nitrogens with zero attached hydrogens (tertiary/aromatic N) is 2. The third kappa shape index (κ3) is 3.92. The first-order chi connectivity index (χ1) is 9.92. The van der Waals surface area contributed by atoms with Gasteiger partial charge in [-0.1, -0.05) is 31.8 Å². The van der Waals surface area contributed by atoms with E-state index in [0.29, 0.717) is 12.3 Å². The zero-order valence-corrected chi connectivity index (χ0v) is 14.0. The second-order valence-corrected chi connectivity index (χ2v) is 11.8. The van der Waals surface area contributed by atoms with Crippen LogP contribution in [-0.4, -0.2) is 37.5 Å². The number of carbonyl (C=O) groups is 1. The highest BCUT2D eigenvalue weighted by atomic mass is 28.3. The Kier molecular flexibility index (Phi) is 4.79. The van der Waals surface area contributed by atoms with Crippen LogP contribution < -0.4 is 0 Å². The molecule has 0 radical (unpaired) electrons. The highest BCUT2D eigenvalue weighted by Crippen LogP contribution is 2.19. The van der Waals surface area contributed by atoms with Crippen molar-refractivity contribution in [1.29, 1.82) is 0 Å². The van der Waals surface area contributed by atoms with Crippen molar-refractivity contribution in [1.82, 2.24) is 9.78 Å². The summed E-state index contributed by atoms with van der Waals surface area (Å²) in [6.45, 7) is 8.01. The molecule has 21 heavy (non-hydrogen) atoms. The molecular formula is C15H22N2O3Si. The van der Waals surface area contributed by atoms with E-state index in [1.807, 2.05) is 12.1 Å². The molecule has 0 amide bonds. The Hall–Kier alpha value is -1.66. The van der Waals surface area contributed by atoms with Crippen LogP contribution in [-0.2, 0) is 16.2 Å². The maximum atomic E-state index is 11.8. The van der Waals surface area contributed by atoms with Crippen molar-refractivity contribution >= 4 is 24.9 Å². The van der Waals surface area contributed by atoms with Crippen LogP contribution in [0, 0.1) is 0 Å². The minimum atomic E-state index is -1.10. The van der Waals surface area contributed by atoms with Gasteiger partial charge in [-0.3, -0.25) is 0 Å². The lowest BCUT2D eigenvalue weighted by Gasteiger charge is -2.15. The normalized spacial score (nSPS) is 11.8. The molecule has 0 atom stereocenters. The third-order valence-corrected chi connectivity index (χ3v) is 4.98. The number of methoxy groups -OCH3 is 1. The van der Waals surface area contributed by atoms with Crippen LogP contribution in [0.4, 0.5) is 0 Å². The zero-order valence-electron chi connectivity index (χ0n) is 13.0. The lowest BCUT2D eigenvalue weighted by molar-refractivity contribution is 0.0599. The van der Waals surface area contributed by atoms with Crippen LogP contribution in [0.5, 0.6) is 0 Å². The largest absolute Gasteiger partial charge is 0.465 e. The monoisotopic (exact) mass is 306 g/mol. The Morgan fingerprint density at radius 2 is 2.10 bits per heavy atom. The number of carbonyl (C=O) groups excluding carboxylic acids is 1. The number of rotatable bonds is 6. The van der Waals surface area contributed by atoms with Gasteiger partial charge in [-0.25, -0.2) is 9.48 Å². The number of aromatic nitrogens is 2. The molecule has 0 saturated heterocycles. The first-order valence-electron chi connectivity index (χ1n) is 7.03. The van der Waals surface area contributed by atoms with Crippen LogP contribution in [0.25, 0.3) is 10.9 Å². The number of esters is 1. The lowest BCUT2D eigenvalue weighted by atomic mass is 10.1. The summed E-state index contributed by atoms with van der Waals surface area (Å²) >= 11 is 0. The second-order valence-electron chi connectivity index (χ2n) is 6.23. The average Bonchev–Trinajstić information content (AvgIpc) is 2.85. The van der Waals surface area contributed by atoms with Gasteiger partial charge in [0.15, 0.2) is 0 Å². The van der Waals surface area contributed by atoms with Crippen LogP contribution in [0.3, 0.4) is 0 Å². The van der Waals surface area contributed by atoms with Gasteiger partial charge in [0.25, 0.3) is 0 Å². The van der Waals surface area contributed by atoms with Crippen molar-refractivity contribution in [3.05, 3.63) is 30.0 Å². The molecule has 6 heteroatoms. The highest BCUT2D eigenvalue weighted by molar-refractivity contribution is 6.76. The molecule has 1 heterocycles. The molecule has 2 aromatic rings. The first-order valence-corrected chi connectivity index (χ1v) is 10.7. The van der Waals surface area contributed by atoms with Crippen molar-refractivity contribution in [2.24, 2.45) is 0 Å². The smallest absolute Gasteiger partial charge is 0.340 e. The minimum absolute atomic E-state index is 0.349. The molecule has 0 aliphatic heterocycles. The maximum Gasteiger partial charge on any atom is 0.340 e. The third-order valence-electron chi connectivity index (χ3n) is 3.28. The maximum absolute atomic E-state index is 11.8. The van der Waals surface area contributed by atoms with Gasteiger partial charge in [0.05, 0.1) is 24.4 Å². The quantitative estimate of drug-likeness (QED) is 0.467. The summed E-state index contributed by atoms with van der Waals surface area (Å²) < 4.78 is 12.3. The first kappa shape index (κ1) is 15.7. The molecule has 2 rings (SSSR count). The zero-order chi connectivity index (χ0) is 15.5. The summed E-state index contributed by atoms with van der Waals surface area (Å²) in [6.07, 6.45) is 1.74. The Bertz CT molecular complexity index is 631. The fraction of sp³-hybridized carbons (Fsp3) is 0.467. The van der Waals surface area contributed by atoms with Crippen molar-refractivity contribution in [3.63, 3.8) is 0 Å². The number of hydrogen-bond acceptors (Lipinski definition) is 4. The van der Waals surface area contributed by atoms with Crippen molar-refractivity contribution in [2.75, 3.05) is 13.7 Å². The summed E-state index contributed by atoms with van der Waals surface area (Å²) in [5.74, 6) is -0.357. The average molecular weight is 306 g/mol. The van der Waals surface area contributed by atoms with E-state index < -0.39 is 8.07 Å². The van der Waals surface area contributed by atoms with Gasteiger partial charge < -0.3 is 9.47 Å². The molecule has 0 bridgehead atoms. The van der Waals surface area contributed by atoms with Gasteiger partial charge in [0.2, 0.25) is 0 Å². The summed E-state index contributed by atoms with van der Waals surface area (Å²) in [5, 5.41) is 5.21. The molecule has 0 aliphatic rings. The van der Waals surface area contributed by atoms with Crippen LogP contribution >= 0.6 is 0 Å². The molecule has 0 saturated carbocycles. The van der Waals surface area contributed by atoms with Crippen molar-refractivity contribution in [2.45, 2.75) is 32.4 Å².